The first kappa shape index (κ1) is 21.9. The van der Waals surface area contributed by atoms with Crippen LogP contribution in [0.3, 0.4) is 0 Å². The number of ether oxygens (including phenoxy) is 2. The topological polar surface area (TPSA) is 76.2 Å². The molecule has 0 atom stereocenters. The van der Waals surface area contributed by atoms with Crippen LogP contribution >= 0.6 is 0 Å². The van der Waals surface area contributed by atoms with Gasteiger partial charge in [-0.05, 0) is 72.7 Å². The monoisotopic (exact) mass is 482 g/mol. The third-order valence-electron chi connectivity index (χ3n) is 7.91. The Kier molecular flexibility index (Phi) is 5.15. The molecule has 6 rings (SSSR count). The van der Waals surface area contributed by atoms with E-state index in [0.29, 0.717) is 43.5 Å². The Morgan fingerprint density at radius 3 is 2.44 bits per heavy atom. The third kappa shape index (κ3) is 3.41. The average Bonchev–Trinajstić information content (AvgIpc) is 3.31. The normalized spacial score (nSPS) is 21.3. The van der Waals surface area contributed by atoms with Gasteiger partial charge in [0.2, 0.25) is 15.9 Å². The van der Waals surface area contributed by atoms with Crippen molar-refractivity contribution in [1.82, 2.24) is 4.31 Å². The summed E-state index contributed by atoms with van der Waals surface area (Å²) in [5.74, 6) is 1.47. The van der Waals surface area contributed by atoms with Gasteiger partial charge in [-0.3, -0.25) is 4.79 Å². The number of hydrogen-bond acceptors (Lipinski definition) is 5. The number of nitrogens with zero attached hydrogens (tertiary/aromatic N) is 2. The Balaban J connectivity index is 1.39. The van der Waals surface area contributed by atoms with E-state index in [0.717, 1.165) is 61.1 Å². The van der Waals surface area contributed by atoms with Crippen LogP contribution in [0, 0.1) is 0 Å². The SMILES string of the molecule is CC(=O)N1CCCc2cc(S(=O)(=O)N3Cc4cc5c(cc4C4(CCCC4)C3)OCCO5)ccc21. The van der Waals surface area contributed by atoms with E-state index >= 15 is 0 Å². The molecule has 3 aliphatic heterocycles. The Morgan fingerprint density at radius 1 is 0.971 bits per heavy atom. The van der Waals surface area contributed by atoms with E-state index in [1.165, 1.54) is 5.56 Å². The van der Waals surface area contributed by atoms with E-state index in [-0.39, 0.29) is 11.3 Å². The lowest BCUT2D eigenvalue weighted by molar-refractivity contribution is -0.116. The van der Waals surface area contributed by atoms with Crippen LogP contribution in [-0.2, 0) is 33.2 Å². The lowest BCUT2D eigenvalue weighted by Gasteiger charge is -2.42. The van der Waals surface area contributed by atoms with Crippen LogP contribution in [0.25, 0.3) is 0 Å². The van der Waals surface area contributed by atoms with Crippen molar-refractivity contribution in [3.8, 4) is 11.5 Å². The van der Waals surface area contributed by atoms with Gasteiger partial charge in [0, 0.05) is 37.7 Å². The highest BCUT2D eigenvalue weighted by Crippen LogP contribution is 2.50. The van der Waals surface area contributed by atoms with Crippen molar-refractivity contribution in [2.45, 2.75) is 62.3 Å². The molecule has 0 aromatic heterocycles. The average molecular weight is 483 g/mol. The summed E-state index contributed by atoms with van der Waals surface area (Å²) in [6.07, 6.45) is 5.76. The fourth-order valence-electron chi connectivity index (χ4n) is 6.28. The minimum absolute atomic E-state index is 0.0121. The second kappa shape index (κ2) is 7.99. The van der Waals surface area contributed by atoms with Crippen LogP contribution in [0.15, 0.2) is 35.2 Å². The number of sulfonamides is 1. The Bertz CT molecular complexity index is 1270. The van der Waals surface area contributed by atoms with Gasteiger partial charge in [-0.15, -0.1) is 0 Å². The molecule has 1 fully saturated rings. The number of carbonyl (C=O) groups is 1. The van der Waals surface area contributed by atoms with Crippen molar-refractivity contribution in [3.05, 3.63) is 47.0 Å². The molecule has 0 saturated heterocycles. The Hall–Kier alpha value is -2.58. The molecule has 8 heteroatoms. The molecule has 180 valence electrons. The molecule has 2 aromatic rings. The van der Waals surface area contributed by atoms with Crippen molar-refractivity contribution in [1.29, 1.82) is 0 Å². The molecule has 4 aliphatic rings. The summed E-state index contributed by atoms with van der Waals surface area (Å²) in [5.41, 5.74) is 3.81. The maximum atomic E-state index is 13.9. The zero-order valence-corrected chi connectivity index (χ0v) is 20.3. The number of fused-ring (bicyclic) bond motifs is 4. The standard InChI is InChI=1S/C26H30N2O5S/c1-18(29)28-10-4-5-19-13-21(6-7-23(19)28)34(30,31)27-16-20-14-24-25(33-12-11-32-24)15-22(20)26(17-27)8-2-3-9-26/h6-7,13-15H,2-5,8-12,16-17H2,1H3. The third-order valence-corrected chi connectivity index (χ3v) is 9.70. The van der Waals surface area contributed by atoms with Gasteiger partial charge in [0.15, 0.2) is 11.5 Å². The van der Waals surface area contributed by atoms with Crippen molar-refractivity contribution >= 4 is 21.6 Å². The highest BCUT2D eigenvalue weighted by Gasteiger charge is 2.46. The minimum Gasteiger partial charge on any atom is -0.486 e. The maximum Gasteiger partial charge on any atom is 0.243 e. The van der Waals surface area contributed by atoms with Crippen LogP contribution in [0.4, 0.5) is 5.69 Å². The van der Waals surface area contributed by atoms with Crippen LogP contribution in [-0.4, -0.2) is 44.9 Å². The Labute approximate surface area is 200 Å². The zero-order chi connectivity index (χ0) is 23.5. The smallest absolute Gasteiger partial charge is 0.243 e. The molecule has 0 radical (unpaired) electrons. The molecular formula is C26H30N2O5S. The first-order chi connectivity index (χ1) is 16.4. The fourth-order valence-corrected chi connectivity index (χ4v) is 7.84. The van der Waals surface area contributed by atoms with Gasteiger partial charge < -0.3 is 14.4 Å². The molecule has 2 aromatic carbocycles. The summed E-state index contributed by atoms with van der Waals surface area (Å²) in [7, 11) is -3.70. The first-order valence-corrected chi connectivity index (χ1v) is 13.7. The molecule has 1 amide bonds. The molecular weight excluding hydrogens is 452 g/mol. The molecule has 1 saturated carbocycles. The van der Waals surface area contributed by atoms with Crippen LogP contribution < -0.4 is 14.4 Å². The molecule has 1 spiro atoms. The number of anilines is 1. The lowest BCUT2D eigenvalue weighted by Crippen LogP contribution is -2.46. The van der Waals surface area contributed by atoms with E-state index in [9.17, 15) is 13.2 Å². The van der Waals surface area contributed by atoms with Crippen LogP contribution in [0.1, 0.15) is 55.7 Å². The molecule has 0 N–H and O–H groups in total. The van der Waals surface area contributed by atoms with Crippen LogP contribution in [0.5, 0.6) is 11.5 Å². The van der Waals surface area contributed by atoms with Gasteiger partial charge in [-0.25, -0.2) is 8.42 Å². The highest BCUT2D eigenvalue weighted by molar-refractivity contribution is 7.89. The molecule has 1 aliphatic carbocycles. The van der Waals surface area contributed by atoms with Gasteiger partial charge in [-0.1, -0.05) is 12.8 Å². The zero-order valence-electron chi connectivity index (χ0n) is 19.5. The summed E-state index contributed by atoms with van der Waals surface area (Å²) in [4.78, 5) is 14.1. The van der Waals surface area contributed by atoms with E-state index < -0.39 is 10.0 Å². The predicted octanol–water partition coefficient (Wildman–Crippen LogP) is 3.77. The second-order valence-electron chi connectivity index (χ2n) is 9.98. The van der Waals surface area contributed by atoms with Crippen molar-refractivity contribution < 1.29 is 22.7 Å². The minimum atomic E-state index is -3.70. The number of benzene rings is 2. The number of hydrogen-bond donors (Lipinski definition) is 0. The molecule has 3 heterocycles. The maximum absolute atomic E-state index is 13.9. The van der Waals surface area contributed by atoms with Gasteiger partial charge in [0.05, 0.1) is 4.90 Å². The fraction of sp³-hybridized carbons (Fsp3) is 0.500. The summed E-state index contributed by atoms with van der Waals surface area (Å²) >= 11 is 0. The van der Waals surface area contributed by atoms with Crippen LogP contribution in [0.2, 0.25) is 0 Å². The molecule has 0 unspecified atom stereocenters. The first-order valence-electron chi connectivity index (χ1n) is 12.2. The summed E-state index contributed by atoms with van der Waals surface area (Å²) < 4.78 is 41.2. The Morgan fingerprint density at radius 2 is 1.71 bits per heavy atom. The quantitative estimate of drug-likeness (QED) is 0.651. The van der Waals surface area contributed by atoms with Gasteiger partial charge in [0.1, 0.15) is 13.2 Å². The summed E-state index contributed by atoms with van der Waals surface area (Å²) in [6, 6.07) is 9.33. The van der Waals surface area contributed by atoms with E-state index in [4.69, 9.17) is 9.47 Å². The summed E-state index contributed by atoms with van der Waals surface area (Å²) in [5, 5.41) is 0. The number of carbonyl (C=O) groups excluding carboxylic acids is 1. The van der Waals surface area contributed by atoms with Gasteiger partial charge in [-0.2, -0.15) is 4.31 Å². The number of amides is 1. The predicted molar refractivity (Wildman–Crippen MR) is 128 cm³/mol. The molecule has 7 nitrogen and oxygen atoms in total. The number of rotatable bonds is 2. The second-order valence-corrected chi connectivity index (χ2v) is 11.9. The van der Waals surface area contributed by atoms with E-state index in [2.05, 4.69) is 6.07 Å². The van der Waals surface area contributed by atoms with Crippen molar-refractivity contribution in [2.24, 2.45) is 0 Å². The van der Waals surface area contributed by atoms with Gasteiger partial charge in [0.25, 0.3) is 0 Å². The largest absolute Gasteiger partial charge is 0.486 e. The number of aryl methyl sites for hydroxylation is 1. The highest BCUT2D eigenvalue weighted by atomic mass is 32.2. The van der Waals surface area contributed by atoms with E-state index in [1.807, 2.05) is 6.07 Å². The summed E-state index contributed by atoms with van der Waals surface area (Å²) in [6.45, 7) is 4.09. The van der Waals surface area contributed by atoms with Gasteiger partial charge >= 0.3 is 0 Å². The van der Waals surface area contributed by atoms with E-state index in [1.54, 1.807) is 34.3 Å². The molecule has 0 bridgehead atoms. The van der Waals surface area contributed by atoms with Crippen molar-refractivity contribution in [2.75, 3.05) is 31.2 Å². The van der Waals surface area contributed by atoms with Crippen molar-refractivity contribution in [3.63, 3.8) is 0 Å². The molecule has 34 heavy (non-hydrogen) atoms. The lowest BCUT2D eigenvalue weighted by atomic mass is 9.74.